The number of aryl methyl sites for hydroxylation is 3. The molecule has 0 saturated heterocycles. The third-order valence-electron chi connectivity index (χ3n) is 3.79. The fourth-order valence-corrected chi connectivity index (χ4v) is 3.55. The molecule has 2 heterocycles. The van der Waals surface area contributed by atoms with Crippen LogP contribution in [0.2, 0.25) is 0 Å². The Morgan fingerprint density at radius 1 is 1.12 bits per heavy atom. The van der Waals surface area contributed by atoms with Crippen LogP contribution in [0.3, 0.4) is 0 Å². The first-order valence-corrected chi connectivity index (χ1v) is 8.79. The van der Waals surface area contributed by atoms with Crippen molar-refractivity contribution in [2.75, 3.05) is 11.9 Å². The van der Waals surface area contributed by atoms with E-state index in [0.717, 1.165) is 17.7 Å². The van der Waals surface area contributed by atoms with Crippen molar-refractivity contribution in [1.29, 1.82) is 0 Å². The second-order valence-electron chi connectivity index (χ2n) is 5.99. The molecule has 25 heavy (non-hydrogen) atoms. The highest BCUT2D eigenvalue weighted by Crippen LogP contribution is 2.33. The molecule has 1 N–H and O–H groups in total. The lowest BCUT2D eigenvalue weighted by Gasteiger charge is -2.10. The van der Waals surface area contributed by atoms with Gasteiger partial charge >= 0.3 is 6.18 Å². The maximum Gasteiger partial charge on any atom is 0.451 e. The van der Waals surface area contributed by atoms with Gasteiger partial charge in [0, 0.05) is 11.4 Å². The van der Waals surface area contributed by atoms with Crippen molar-refractivity contribution in [3.63, 3.8) is 0 Å². The molecule has 0 unspecified atom stereocenters. The van der Waals surface area contributed by atoms with Gasteiger partial charge in [-0.25, -0.2) is 9.97 Å². The van der Waals surface area contributed by atoms with Gasteiger partial charge in [-0.2, -0.15) is 13.2 Å². The van der Waals surface area contributed by atoms with Crippen molar-refractivity contribution in [3.05, 3.63) is 52.2 Å². The van der Waals surface area contributed by atoms with Crippen LogP contribution in [-0.4, -0.2) is 16.5 Å². The summed E-state index contributed by atoms with van der Waals surface area (Å²) >= 11 is 1.24. The Morgan fingerprint density at radius 2 is 1.92 bits per heavy atom. The molecule has 0 saturated carbocycles. The summed E-state index contributed by atoms with van der Waals surface area (Å²) in [5, 5.41) is 3.70. The molecule has 1 aromatic carbocycles. The minimum Gasteiger partial charge on any atom is -0.369 e. The molecule has 132 valence electrons. The summed E-state index contributed by atoms with van der Waals surface area (Å²) in [5.74, 6) is -0.839. The number of hydrogen-bond acceptors (Lipinski definition) is 4. The zero-order valence-electron chi connectivity index (χ0n) is 13.9. The molecule has 3 nitrogen and oxygen atoms in total. The highest BCUT2D eigenvalue weighted by atomic mass is 32.1. The summed E-state index contributed by atoms with van der Waals surface area (Å²) in [6.45, 7) is 4.43. The van der Waals surface area contributed by atoms with Crippen LogP contribution in [0.15, 0.2) is 30.3 Å². The number of halogens is 3. The average molecular weight is 365 g/mol. The summed E-state index contributed by atoms with van der Waals surface area (Å²) < 4.78 is 39.0. The van der Waals surface area contributed by atoms with Crippen molar-refractivity contribution >= 4 is 27.4 Å². The number of anilines is 1. The minimum absolute atomic E-state index is 0.255. The Labute approximate surface area is 147 Å². The van der Waals surface area contributed by atoms with Gasteiger partial charge in [0.15, 0.2) is 0 Å². The van der Waals surface area contributed by atoms with E-state index in [1.807, 2.05) is 32.0 Å². The quantitative estimate of drug-likeness (QED) is 0.618. The Bertz CT molecular complexity index is 887. The molecular formula is C18H18F3N3S. The summed E-state index contributed by atoms with van der Waals surface area (Å²) in [6, 6.07) is 10.0. The Balaban J connectivity index is 1.74. The second-order valence-corrected chi connectivity index (χ2v) is 7.22. The van der Waals surface area contributed by atoms with E-state index in [1.54, 1.807) is 0 Å². The molecule has 2 aromatic heterocycles. The molecule has 0 fully saturated rings. The number of hydrogen-bond donors (Lipinski definition) is 1. The average Bonchev–Trinajstić information content (AvgIpc) is 2.91. The van der Waals surface area contributed by atoms with E-state index in [1.165, 1.54) is 22.5 Å². The van der Waals surface area contributed by atoms with Crippen molar-refractivity contribution in [1.82, 2.24) is 9.97 Å². The van der Waals surface area contributed by atoms with Gasteiger partial charge < -0.3 is 5.32 Å². The van der Waals surface area contributed by atoms with Crippen molar-refractivity contribution in [3.8, 4) is 0 Å². The number of rotatable bonds is 5. The second kappa shape index (κ2) is 7.00. The van der Waals surface area contributed by atoms with Crippen LogP contribution in [0.25, 0.3) is 10.2 Å². The van der Waals surface area contributed by atoms with Gasteiger partial charge in [0.2, 0.25) is 5.82 Å². The molecule has 0 radical (unpaired) electrons. The van der Waals surface area contributed by atoms with Gasteiger partial charge in [-0.1, -0.05) is 29.8 Å². The third kappa shape index (κ3) is 4.28. The molecule has 0 bridgehead atoms. The van der Waals surface area contributed by atoms with Gasteiger partial charge in [0.25, 0.3) is 0 Å². The molecule has 0 aliphatic heterocycles. The highest BCUT2D eigenvalue weighted by molar-refractivity contribution is 7.18. The van der Waals surface area contributed by atoms with Crippen LogP contribution in [0, 0.1) is 13.8 Å². The third-order valence-corrected chi connectivity index (χ3v) is 4.73. The minimum atomic E-state index is -4.55. The lowest BCUT2D eigenvalue weighted by Crippen LogP contribution is -2.13. The monoisotopic (exact) mass is 365 g/mol. The number of alkyl halides is 3. The lowest BCUT2D eigenvalue weighted by molar-refractivity contribution is -0.144. The predicted molar refractivity (Wildman–Crippen MR) is 95.1 cm³/mol. The van der Waals surface area contributed by atoms with E-state index >= 15 is 0 Å². The maximum atomic E-state index is 13.0. The van der Waals surface area contributed by atoms with Crippen LogP contribution in [0.4, 0.5) is 19.0 Å². The summed E-state index contributed by atoms with van der Waals surface area (Å²) in [7, 11) is 0. The molecule has 0 atom stereocenters. The number of aromatic nitrogens is 2. The van der Waals surface area contributed by atoms with E-state index in [-0.39, 0.29) is 5.82 Å². The fraction of sp³-hybridized carbons (Fsp3) is 0.333. The van der Waals surface area contributed by atoms with Crippen LogP contribution in [-0.2, 0) is 12.6 Å². The van der Waals surface area contributed by atoms with Gasteiger partial charge in [0.1, 0.15) is 10.6 Å². The largest absolute Gasteiger partial charge is 0.451 e. The number of nitrogens with zero attached hydrogens (tertiary/aromatic N) is 2. The highest BCUT2D eigenvalue weighted by Gasteiger charge is 2.35. The lowest BCUT2D eigenvalue weighted by atomic mass is 10.1. The molecule has 0 spiro atoms. The van der Waals surface area contributed by atoms with E-state index in [4.69, 9.17) is 0 Å². The van der Waals surface area contributed by atoms with E-state index in [9.17, 15) is 13.2 Å². The standard InChI is InChI=1S/C18H18F3N3S/c1-11-5-3-6-13(9-11)7-4-8-22-15-14-10-12(2)25-16(14)24-17(23-15)18(19,20)21/h3,5-6,9-10H,4,7-8H2,1-2H3,(H,22,23,24). The van der Waals surface area contributed by atoms with Crippen LogP contribution < -0.4 is 5.32 Å². The summed E-state index contributed by atoms with van der Waals surface area (Å²) in [6.07, 6.45) is -2.89. The Kier molecular flexibility index (Phi) is 4.94. The first kappa shape index (κ1) is 17.7. The zero-order valence-corrected chi connectivity index (χ0v) is 14.8. The summed E-state index contributed by atoms with van der Waals surface area (Å²) in [5.41, 5.74) is 2.42. The van der Waals surface area contributed by atoms with Crippen molar-refractivity contribution < 1.29 is 13.2 Å². The summed E-state index contributed by atoms with van der Waals surface area (Å²) in [4.78, 5) is 8.63. The molecule has 3 aromatic rings. The van der Waals surface area contributed by atoms with Crippen LogP contribution >= 0.6 is 11.3 Å². The Hall–Kier alpha value is -2.15. The molecular weight excluding hydrogens is 347 g/mol. The first-order chi connectivity index (χ1) is 11.8. The Morgan fingerprint density at radius 3 is 2.64 bits per heavy atom. The molecule has 3 rings (SSSR count). The van der Waals surface area contributed by atoms with Gasteiger partial charge in [-0.05, 0) is 38.3 Å². The first-order valence-electron chi connectivity index (χ1n) is 7.98. The van der Waals surface area contributed by atoms with Crippen molar-refractivity contribution in [2.24, 2.45) is 0 Å². The predicted octanol–water partition coefficient (Wildman–Crippen LogP) is 5.37. The van der Waals surface area contributed by atoms with Crippen LogP contribution in [0.5, 0.6) is 0 Å². The van der Waals surface area contributed by atoms with E-state index in [0.29, 0.717) is 16.8 Å². The number of benzene rings is 1. The smallest absolute Gasteiger partial charge is 0.369 e. The SMILES string of the molecule is Cc1cccc(CCCNc2nc(C(F)(F)F)nc3sc(C)cc23)c1. The molecule has 0 aliphatic carbocycles. The van der Waals surface area contributed by atoms with Crippen LogP contribution in [0.1, 0.15) is 28.2 Å². The van der Waals surface area contributed by atoms with Gasteiger partial charge in [0.05, 0.1) is 5.39 Å². The maximum absolute atomic E-state index is 13.0. The zero-order chi connectivity index (χ0) is 18.0. The van der Waals surface area contributed by atoms with Gasteiger partial charge in [-0.15, -0.1) is 11.3 Å². The van der Waals surface area contributed by atoms with Crippen molar-refractivity contribution in [2.45, 2.75) is 32.9 Å². The molecule has 7 heteroatoms. The van der Waals surface area contributed by atoms with Gasteiger partial charge in [-0.3, -0.25) is 0 Å². The molecule has 0 aliphatic rings. The number of nitrogens with one attached hydrogen (secondary N) is 1. The number of fused-ring (bicyclic) bond motifs is 1. The van der Waals surface area contributed by atoms with E-state index in [2.05, 4.69) is 27.4 Å². The number of thiophene rings is 1. The topological polar surface area (TPSA) is 37.8 Å². The molecule has 0 amide bonds. The normalized spacial score (nSPS) is 11.9. The van der Waals surface area contributed by atoms with E-state index < -0.39 is 12.0 Å². The fourth-order valence-electron chi connectivity index (χ4n) is 2.67.